The Morgan fingerprint density at radius 3 is 2.52 bits per heavy atom. The Morgan fingerprint density at radius 1 is 1.06 bits per heavy atom. The summed E-state index contributed by atoms with van der Waals surface area (Å²) in [5.41, 5.74) is 0.360. The fourth-order valence-corrected chi connectivity index (χ4v) is 6.23. The molecule has 2 aliphatic heterocycles. The number of nitrogens with one attached hydrogen (secondary N) is 4. The van der Waals surface area contributed by atoms with Crippen LogP contribution in [0.1, 0.15) is 75.7 Å². The van der Waals surface area contributed by atoms with Crippen LogP contribution in [0.15, 0.2) is 47.1 Å². The van der Waals surface area contributed by atoms with Gasteiger partial charge in [-0.3, -0.25) is 29.4 Å². The van der Waals surface area contributed by atoms with Gasteiger partial charge in [-0.05, 0) is 50.3 Å². The Hall–Kier alpha value is -5.94. The summed E-state index contributed by atoms with van der Waals surface area (Å²) in [4.78, 5) is 71.7. The Bertz CT molecular complexity index is 2090. The van der Waals surface area contributed by atoms with E-state index in [2.05, 4.69) is 25.9 Å². The lowest BCUT2D eigenvalue weighted by atomic mass is 9.98. The smallest absolute Gasteiger partial charge is 0.416 e. The summed E-state index contributed by atoms with van der Waals surface area (Å²) in [7, 11) is 0. The third kappa shape index (κ3) is 7.26. The standard InChI is InChI=1S/C34H30F5N7O6/c1-16-21-12-18(35)13-22(36)27(21)52-26(16)28(34(37,38)39)45-33(51)43-19-14-41-32(42-15-19)40-11-4-2-3-6-17-7-5-8-20-25(17)31(50)46(30(20)49)23-9-10-24(47)44-29(23)48/h5,7-8,12-15,23,28H,2-4,6,9-11H2,1H3,(H,40,41,42)(H2,43,45,51)(H,44,47,48)/t23?,28-/m1/s1. The molecule has 2 aliphatic rings. The molecule has 0 radical (unpaired) electrons. The van der Waals surface area contributed by atoms with E-state index in [1.54, 1.807) is 17.4 Å². The quantitative estimate of drug-likeness (QED) is 0.0888. The summed E-state index contributed by atoms with van der Waals surface area (Å²) in [5, 5.41) is 8.93. The van der Waals surface area contributed by atoms with Crippen LogP contribution in [0.3, 0.4) is 0 Å². The number of amides is 6. The van der Waals surface area contributed by atoms with E-state index in [1.165, 1.54) is 25.4 Å². The highest BCUT2D eigenvalue weighted by atomic mass is 19.4. The van der Waals surface area contributed by atoms with Crippen molar-refractivity contribution in [3.63, 3.8) is 0 Å². The van der Waals surface area contributed by atoms with Crippen LogP contribution in [0.4, 0.5) is 38.4 Å². The maximum Gasteiger partial charge on any atom is 0.416 e. The zero-order chi connectivity index (χ0) is 37.3. The first kappa shape index (κ1) is 35.9. The summed E-state index contributed by atoms with van der Waals surface area (Å²) in [6, 6.07) is 1.28. The topological polar surface area (TPSA) is 176 Å². The molecule has 4 aromatic rings. The zero-order valence-electron chi connectivity index (χ0n) is 27.3. The molecule has 1 fully saturated rings. The second-order valence-electron chi connectivity index (χ2n) is 12.2. The molecular weight excluding hydrogens is 697 g/mol. The average molecular weight is 728 g/mol. The molecule has 0 spiro atoms. The van der Waals surface area contributed by atoms with Crippen LogP contribution >= 0.6 is 0 Å². The number of carbonyl (C=O) groups excluding carboxylic acids is 5. The molecule has 4 N–H and O–H groups in total. The lowest BCUT2D eigenvalue weighted by Crippen LogP contribution is -2.54. The van der Waals surface area contributed by atoms with Crippen LogP contribution in [-0.4, -0.2) is 63.3 Å². The van der Waals surface area contributed by atoms with E-state index in [0.717, 1.165) is 11.0 Å². The number of anilines is 2. The highest BCUT2D eigenvalue weighted by molar-refractivity contribution is 6.24. The van der Waals surface area contributed by atoms with Crippen LogP contribution in [-0.2, 0) is 16.0 Å². The number of imide groups is 2. The number of aryl methyl sites for hydroxylation is 2. The Morgan fingerprint density at radius 2 is 1.81 bits per heavy atom. The van der Waals surface area contributed by atoms with E-state index in [1.807, 2.05) is 0 Å². The van der Waals surface area contributed by atoms with E-state index >= 15 is 0 Å². The number of carbonyl (C=O) groups is 5. The van der Waals surface area contributed by atoms with Gasteiger partial charge in [0.15, 0.2) is 17.4 Å². The van der Waals surface area contributed by atoms with E-state index in [-0.39, 0.29) is 46.6 Å². The fourth-order valence-electron chi connectivity index (χ4n) is 6.23. The van der Waals surface area contributed by atoms with Gasteiger partial charge in [-0.1, -0.05) is 18.6 Å². The van der Waals surface area contributed by atoms with Gasteiger partial charge < -0.3 is 20.4 Å². The minimum Gasteiger partial charge on any atom is -0.455 e. The molecule has 1 saturated heterocycles. The van der Waals surface area contributed by atoms with Gasteiger partial charge in [0.25, 0.3) is 11.8 Å². The number of hydrogen-bond donors (Lipinski definition) is 4. The molecule has 6 rings (SSSR count). The number of halogens is 5. The van der Waals surface area contributed by atoms with E-state index < -0.39 is 70.9 Å². The van der Waals surface area contributed by atoms with Gasteiger partial charge in [-0.25, -0.2) is 23.5 Å². The van der Waals surface area contributed by atoms with Crippen molar-refractivity contribution < 1.29 is 50.3 Å². The highest BCUT2D eigenvalue weighted by Crippen LogP contribution is 2.39. The van der Waals surface area contributed by atoms with Crippen molar-refractivity contribution in [1.82, 2.24) is 25.5 Å². The molecule has 0 bridgehead atoms. The average Bonchev–Trinajstić information content (AvgIpc) is 3.54. The molecule has 4 heterocycles. The number of unbranched alkanes of at least 4 members (excludes halogenated alkanes) is 2. The number of nitrogens with zero attached hydrogens (tertiary/aromatic N) is 3. The summed E-state index contributed by atoms with van der Waals surface area (Å²) in [5.74, 6) is -5.06. The summed E-state index contributed by atoms with van der Waals surface area (Å²) in [6.07, 6.45) is -0.0806. The van der Waals surface area contributed by atoms with Crippen LogP contribution < -0.4 is 21.3 Å². The number of benzene rings is 2. The van der Waals surface area contributed by atoms with Gasteiger partial charge in [0.05, 0.1) is 29.2 Å². The lowest BCUT2D eigenvalue weighted by Gasteiger charge is -2.27. The van der Waals surface area contributed by atoms with Crippen molar-refractivity contribution in [2.75, 3.05) is 17.2 Å². The number of piperidine rings is 1. The van der Waals surface area contributed by atoms with Crippen LogP contribution in [0.5, 0.6) is 0 Å². The molecule has 18 heteroatoms. The second kappa shape index (κ2) is 14.4. The normalized spacial score (nSPS) is 16.6. The molecule has 272 valence electrons. The van der Waals surface area contributed by atoms with Gasteiger partial charge in [0, 0.05) is 30.0 Å². The van der Waals surface area contributed by atoms with Crippen LogP contribution in [0.25, 0.3) is 11.0 Å². The minimum atomic E-state index is -5.05. The van der Waals surface area contributed by atoms with Crippen molar-refractivity contribution in [2.45, 2.75) is 63.7 Å². The third-order valence-corrected chi connectivity index (χ3v) is 8.73. The van der Waals surface area contributed by atoms with Crippen molar-refractivity contribution >= 4 is 52.3 Å². The third-order valence-electron chi connectivity index (χ3n) is 8.73. The van der Waals surface area contributed by atoms with Crippen LogP contribution in [0, 0.1) is 18.6 Å². The number of urea groups is 1. The lowest BCUT2D eigenvalue weighted by molar-refractivity contribution is -0.158. The van der Waals surface area contributed by atoms with Gasteiger partial charge >= 0.3 is 12.2 Å². The number of furan rings is 1. The first-order chi connectivity index (χ1) is 24.7. The number of rotatable bonds is 11. The summed E-state index contributed by atoms with van der Waals surface area (Å²) in [6.45, 7) is 1.63. The number of aromatic nitrogens is 2. The Kier molecular flexibility index (Phi) is 9.90. The molecule has 13 nitrogen and oxygen atoms in total. The minimum absolute atomic E-state index is 0.0288. The first-order valence-electron chi connectivity index (χ1n) is 16.1. The molecule has 2 atom stereocenters. The van der Waals surface area contributed by atoms with Crippen LogP contribution in [0.2, 0.25) is 0 Å². The predicted octanol–water partition coefficient (Wildman–Crippen LogP) is 5.46. The largest absolute Gasteiger partial charge is 0.455 e. The molecule has 6 amide bonds. The van der Waals surface area contributed by atoms with Crippen molar-refractivity contribution in [1.29, 1.82) is 0 Å². The van der Waals surface area contributed by atoms with Gasteiger partial charge in [-0.2, -0.15) is 13.2 Å². The number of hydrogen-bond acceptors (Lipinski definition) is 9. The maximum atomic E-state index is 14.1. The van der Waals surface area contributed by atoms with E-state index in [0.29, 0.717) is 43.9 Å². The van der Waals surface area contributed by atoms with E-state index in [4.69, 9.17) is 4.42 Å². The monoisotopic (exact) mass is 727 g/mol. The Labute approximate surface area is 291 Å². The zero-order valence-corrected chi connectivity index (χ0v) is 27.3. The molecular formula is C34H30F5N7O6. The van der Waals surface area contributed by atoms with Crippen molar-refractivity contribution in [3.8, 4) is 0 Å². The predicted molar refractivity (Wildman–Crippen MR) is 173 cm³/mol. The van der Waals surface area contributed by atoms with Gasteiger partial charge in [0.1, 0.15) is 17.6 Å². The first-order valence-corrected chi connectivity index (χ1v) is 16.1. The highest BCUT2D eigenvalue weighted by Gasteiger charge is 2.46. The molecule has 2 aromatic heterocycles. The summed E-state index contributed by atoms with van der Waals surface area (Å²) >= 11 is 0. The SMILES string of the molecule is Cc1c([C@@H](NC(=O)Nc2cnc(NCCCCCc3cccc4c3C(=O)N(C3CCC(=O)NC3=O)C4=O)nc2)C(F)(F)F)oc2c(F)cc(F)cc12. The Balaban J connectivity index is 0.975. The number of fused-ring (bicyclic) bond motifs is 2. The number of alkyl halides is 3. The molecule has 0 aliphatic carbocycles. The van der Waals surface area contributed by atoms with Gasteiger partial charge in [-0.15, -0.1) is 0 Å². The van der Waals surface area contributed by atoms with Crippen molar-refractivity contribution in [3.05, 3.63) is 82.4 Å². The van der Waals surface area contributed by atoms with Gasteiger partial charge in [0.2, 0.25) is 17.8 Å². The molecule has 2 aromatic carbocycles. The fraction of sp³-hybridized carbons (Fsp3) is 0.324. The molecule has 1 unspecified atom stereocenters. The summed E-state index contributed by atoms with van der Waals surface area (Å²) < 4.78 is 74.8. The van der Waals surface area contributed by atoms with Crippen molar-refractivity contribution in [2.24, 2.45) is 0 Å². The second-order valence-corrected chi connectivity index (χ2v) is 12.2. The molecule has 0 saturated carbocycles. The van der Waals surface area contributed by atoms with E-state index in [9.17, 15) is 45.9 Å². The molecule has 52 heavy (non-hydrogen) atoms. The maximum absolute atomic E-state index is 14.1.